The molecule has 2 atom stereocenters. The fourth-order valence-electron chi connectivity index (χ4n) is 4.45. The summed E-state index contributed by atoms with van der Waals surface area (Å²) in [6.45, 7) is 6.74. The molecule has 1 amide bonds. The molecule has 5 heteroatoms. The normalized spacial score (nSPS) is 23.2. The van der Waals surface area contributed by atoms with Crippen molar-refractivity contribution < 1.29 is 4.79 Å². The van der Waals surface area contributed by atoms with Crippen molar-refractivity contribution in [3.05, 3.63) is 54.1 Å². The zero-order valence-corrected chi connectivity index (χ0v) is 15.6. The lowest BCUT2D eigenvalue weighted by molar-refractivity contribution is -0.135. The summed E-state index contributed by atoms with van der Waals surface area (Å²) in [4.78, 5) is 21.8. The van der Waals surface area contributed by atoms with Gasteiger partial charge in [0.2, 0.25) is 5.91 Å². The average Bonchev–Trinajstić information content (AvgIpc) is 2.87. The first-order valence-corrected chi connectivity index (χ1v) is 9.72. The van der Waals surface area contributed by atoms with Crippen LogP contribution >= 0.6 is 0 Å². The summed E-state index contributed by atoms with van der Waals surface area (Å²) in [5, 5.41) is 0. The minimum Gasteiger partial charge on any atom is -0.338 e. The molecule has 0 saturated carbocycles. The predicted octanol–water partition coefficient (Wildman–Crippen LogP) is 2.70. The summed E-state index contributed by atoms with van der Waals surface area (Å²) < 4.78 is 2.07. The highest BCUT2D eigenvalue weighted by Crippen LogP contribution is 2.29. The van der Waals surface area contributed by atoms with Crippen molar-refractivity contribution in [1.82, 2.24) is 19.4 Å². The summed E-state index contributed by atoms with van der Waals surface area (Å²) in [6, 6.07) is 11.0. The third kappa shape index (κ3) is 3.83. The SMILES string of the molecule is Cc1nccn1CCC(=O)N1C[C@H]2CC[C@@H]1CN(Cc1ccccc1)C2. The second kappa shape index (κ2) is 7.62. The number of rotatable bonds is 5. The predicted molar refractivity (Wildman–Crippen MR) is 102 cm³/mol. The Labute approximate surface area is 155 Å². The van der Waals surface area contributed by atoms with Crippen LogP contribution in [0, 0.1) is 12.8 Å². The maximum absolute atomic E-state index is 12.9. The van der Waals surface area contributed by atoms with E-state index in [1.807, 2.05) is 13.1 Å². The maximum Gasteiger partial charge on any atom is 0.224 e. The number of nitrogens with zero attached hydrogens (tertiary/aromatic N) is 4. The summed E-state index contributed by atoms with van der Waals surface area (Å²) in [5.41, 5.74) is 1.36. The van der Waals surface area contributed by atoms with Gasteiger partial charge in [0.05, 0.1) is 0 Å². The van der Waals surface area contributed by atoms with Gasteiger partial charge in [-0.2, -0.15) is 0 Å². The molecular weight excluding hydrogens is 324 g/mol. The molecule has 0 spiro atoms. The standard InChI is InChI=1S/C21H28N4O/c1-17-22-10-12-24(17)11-9-21(26)25-15-19-7-8-20(25)16-23(14-19)13-18-5-3-2-4-6-18/h2-6,10,12,19-20H,7-9,11,13-16H2,1H3/t19-,20+/m0/s1. The summed E-state index contributed by atoms with van der Waals surface area (Å²) >= 11 is 0. The number of aromatic nitrogens is 2. The largest absolute Gasteiger partial charge is 0.338 e. The number of aryl methyl sites for hydroxylation is 2. The van der Waals surface area contributed by atoms with Crippen LogP contribution in [0.3, 0.4) is 0 Å². The molecule has 138 valence electrons. The zero-order valence-electron chi connectivity index (χ0n) is 15.6. The number of imidazole rings is 1. The van der Waals surface area contributed by atoms with E-state index in [0.717, 1.165) is 45.0 Å². The summed E-state index contributed by atoms with van der Waals surface area (Å²) in [6.07, 6.45) is 6.72. The van der Waals surface area contributed by atoms with E-state index in [0.29, 0.717) is 24.3 Å². The molecule has 1 aromatic heterocycles. The van der Waals surface area contributed by atoms with Gasteiger partial charge in [-0.1, -0.05) is 30.3 Å². The quantitative estimate of drug-likeness (QED) is 0.831. The van der Waals surface area contributed by atoms with Crippen molar-refractivity contribution in [3.8, 4) is 0 Å². The Morgan fingerprint density at radius 3 is 2.77 bits per heavy atom. The van der Waals surface area contributed by atoms with Crippen molar-refractivity contribution in [2.45, 2.75) is 45.3 Å². The first-order valence-electron chi connectivity index (χ1n) is 9.72. The number of carbonyl (C=O) groups excluding carboxylic acids is 1. The highest BCUT2D eigenvalue weighted by atomic mass is 16.2. The highest BCUT2D eigenvalue weighted by molar-refractivity contribution is 5.76. The molecule has 3 fully saturated rings. The fraction of sp³-hybridized carbons (Fsp3) is 0.524. The minimum absolute atomic E-state index is 0.300. The van der Waals surface area contributed by atoms with Crippen LogP contribution in [0.15, 0.2) is 42.7 Å². The Balaban J connectivity index is 1.38. The summed E-state index contributed by atoms with van der Waals surface area (Å²) in [7, 11) is 0. The van der Waals surface area contributed by atoms with Crippen LogP contribution in [0.2, 0.25) is 0 Å². The van der Waals surface area contributed by atoms with Crippen LogP contribution < -0.4 is 0 Å². The van der Waals surface area contributed by atoms with Crippen molar-refractivity contribution in [2.24, 2.45) is 5.92 Å². The third-order valence-electron chi connectivity index (χ3n) is 5.85. The van der Waals surface area contributed by atoms with Gasteiger partial charge in [0, 0.05) is 57.6 Å². The number of benzene rings is 1. The Bertz CT molecular complexity index is 741. The van der Waals surface area contributed by atoms with Gasteiger partial charge in [0.1, 0.15) is 5.82 Å². The molecule has 3 aliphatic heterocycles. The van der Waals surface area contributed by atoms with Crippen LogP contribution in [0.1, 0.15) is 30.7 Å². The Morgan fingerprint density at radius 2 is 2.00 bits per heavy atom. The monoisotopic (exact) mass is 352 g/mol. The fourth-order valence-corrected chi connectivity index (χ4v) is 4.45. The number of hydrogen-bond donors (Lipinski definition) is 0. The van der Waals surface area contributed by atoms with Gasteiger partial charge in [-0.3, -0.25) is 9.69 Å². The maximum atomic E-state index is 12.9. The van der Waals surface area contributed by atoms with Crippen LogP contribution in [-0.2, 0) is 17.9 Å². The van der Waals surface area contributed by atoms with Gasteiger partial charge >= 0.3 is 0 Å². The van der Waals surface area contributed by atoms with Gasteiger partial charge in [0.15, 0.2) is 0 Å². The van der Waals surface area contributed by atoms with Gasteiger partial charge in [-0.15, -0.1) is 0 Å². The molecule has 26 heavy (non-hydrogen) atoms. The number of hydrogen-bond acceptors (Lipinski definition) is 3. The lowest BCUT2D eigenvalue weighted by atomic mass is 9.94. The smallest absolute Gasteiger partial charge is 0.224 e. The Kier molecular flexibility index (Phi) is 5.07. The molecule has 4 heterocycles. The number of carbonyl (C=O) groups is 1. The molecule has 1 aromatic carbocycles. The van der Waals surface area contributed by atoms with E-state index in [1.165, 1.54) is 12.0 Å². The molecule has 2 bridgehead atoms. The van der Waals surface area contributed by atoms with Crippen molar-refractivity contribution in [2.75, 3.05) is 19.6 Å². The molecular formula is C21H28N4O. The molecule has 0 radical (unpaired) electrons. The molecule has 0 aliphatic carbocycles. The van der Waals surface area contributed by atoms with Crippen molar-refractivity contribution in [1.29, 1.82) is 0 Å². The topological polar surface area (TPSA) is 41.4 Å². The van der Waals surface area contributed by atoms with E-state index in [9.17, 15) is 4.79 Å². The first kappa shape index (κ1) is 17.3. The van der Waals surface area contributed by atoms with Gasteiger partial charge < -0.3 is 9.47 Å². The lowest BCUT2D eigenvalue weighted by Gasteiger charge is -2.36. The number of amides is 1. The third-order valence-corrected chi connectivity index (χ3v) is 5.85. The highest BCUT2D eigenvalue weighted by Gasteiger charge is 2.36. The van der Waals surface area contributed by atoms with Crippen LogP contribution in [0.4, 0.5) is 0 Å². The van der Waals surface area contributed by atoms with E-state index in [-0.39, 0.29) is 0 Å². The first-order chi connectivity index (χ1) is 12.7. The van der Waals surface area contributed by atoms with Crippen LogP contribution in [-0.4, -0.2) is 50.9 Å². The van der Waals surface area contributed by atoms with Gasteiger partial charge in [-0.25, -0.2) is 4.98 Å². The van der Waals surface area contributed by atoms with Crippen molar-refractivity contribution >= 4 is 5.91 Å². The van der Waals surface area contributed by atoms with Gasteiger partial charge in [-0.05, 0) is 31.2 Å². The number of piperidine rings is 1. The minimum atomic E-state index is 0.300. The molecule has 3 aliphatic rings. The molecule has 3 saturated heterocycles. The van der Waals surface area contributed by atoms with Crippen LogP contribution in [0.5, 0.6) is 0 Å². The average molecular weight is 352 g/mol. The van der Waals surface area contributed by atoms with Crippen LogP contribution in [0.25, 0.3) is 0 Å². The van der Waals surface area contributed by atoms with E-state index in [1.54, 1.807) is 6.20 Å². The second-order valence-electron chi connectivity index (χ2n) is 7.74. The van der Waals surface area contributed by atoms with E-state index < -0.39 is 0 Å². The molecule has 0 unspecified atom stereocenters. The zero-order chi connectivity index (χ0) is 17.9. The second-order valence-corrected chi connectivity index (χ2v) is 7.74. The van der Waals surface area contributed by atoms with E-state index >= 15 is 0 Å². The van der Waals surface area contributed by atoms with E-state index in [4.69, 9.17) is 0 Å². The van der Waals surface area contributed by atoms with Gasteiger partial charge in [0.25, 0.3) is 0 Å². The molecule has 0 N–H and O–H groups in total. The Morgan fingerprint density at radius 1 is 1.15 bits per heavy atom. The molecule has 5 nitrogen and oxygen atoms in total. The lowest BCUT2D eigenvalue weighted by Crippen LogP contribution is -2.47. The molecule has 5 rings (SSSR count). The summed E-state index contributed by atoms with van der Waals surface area (Å²) in [5.74, 6) is 1.88. The number of fused-ring (bicyclic) bond motifs is 4. The molecule has 2 aromatic rings. The van der Waals surface area contributed by atoms with E-state index in [2.05, 4.69) is 49.7 Å². The van der Waals surface area contributed by atoms with Crippen molar-refractivity contribution in [3.63, 3.8) is 0 Å². The Hall–Kier alpha value is -2.14.